The van der Waals surface area contributed by atoms with Gasteiger partial charge in [-0.15, -0.1) is 11.3 Å². The number of nitrogens with zero attached hydrogens (tertiary/aromatic N) is 2. The highest BCUT2D eigenvalue weighted by molar-refractivity contribution is 7.10. The average Bonchev–Trinajstić information content (AvgIpc) is 3.03. The van der Waals surface area contributed by atoms with Crippen LogP contribution in [0.5, 0.6) is 0 Å². The highest BCUT2D eigenvalue weighted by atomic mass is 32.1. The maximum atomic E-state index is 11.2. The minimum atomic E-state index is -1.20. The Kier molecular flexibility index (Phi) is 3.11. The second kappa shape index (κ2) is 4.91. The molecule has 0 spiro atoms. The molecular formula is C15H12N2OS. The van der Waals surface area contributed by atoms with Crippen LogP contribution >= 0.6 is 11.3 Å². The third kappa shape index (κ3) is 2.05. The van der Waals surface area contributed by atoms with Gasteiger partial charge in [0.05, 0.1) is 0 Å². The van der Waals surface area contributed by atoms with E-state index in [-0.39, 0.29) is 0 Å². The van der Waals surface area contributed by atoms with Gasteiger partial charge in [-0.05, 0) is 17.0 Å². The van der Waals surface area contributed by atoms with Crippen molar-refractivity contribution in [1.29, 1.82) is 0 Å². The molecule has 0 aliphatic heterocycles. The predicted molar refractivity (Wildman–Crippen MR) is 74.9 cm³/mol. The number of benzene rings is 1. The molecule has 2 heterocycles. The summed E-state index contributed by atoms with van der Waals surface area (Å²) in [7, 11) is 0. The summed E-state index contributed by atoms with van der Waals surface area (Å²) in [6.45, 7) is 0. The maximum Gasteiger partial charge on any atom is 0.152 e. The summed E-state index contributed by atoms with van der Waals surface area (Å²) in [5, 5.41) is 13.2. The van der Waals surface area contributed by atoms with E-state index in [1.807, 2.05) is 47.8 Å². The highest BCUT2D eigenvalue weighted by Crippen LogP contribution is 2.38. The molecular weight excluding hydrogens is 256 g/mol. The Labute approximate surface area is 115 Å². The van der Waals surface area contributed by atoms with Gasteiger partial charge in [0.1, 0.15) is 6.33 Å². The summed E-state index contributed by atoms with van der Waals surface area (Å²) >= 11 is 1.51. The molecule has 0 fully saturated rings. The molecule has 0 amide bonds. The smallest absolute Gasteiger partial charge is 0.152 e. The predicted octanol–water partition coefficient (Wildman–Crippen LogP) is 2.82. The van der Waals surface area contributed by atoms with Crippen LogP contribution in [0.3, 0.4) is 0 Å². The molecule has 0 bridgehead atoms. The minimum Gasteiger partial charge on any atom is -0.375 e. The summed E-state index contributed by atoms with van der Waals surface area (Å²) in [4.78, 5) is 8.89. The molecule has 19 heavy (non-hydrogen) atoms. The summed E-state index contributed by atoms with van der Waals surface area (Å²) in [5.41, 5.74) is 0.285. The van der Waals surface area contributed by atoms with Gasteiger partial charge in [0.2, 0.25) is 0 Å². The van der Waals surface area contributed by atoms with Crippen molar-refractivity contribution in [2.24, 2.45) is 0 Å². The van der Waals surface area contributed by atoms with Gasteiger partial charge in [0.25, 0.3) is 0 Å². The van der Waals surface area contributed by atoms with Crippen molar-refractivity contribution in [3.8, 4) is 0 Å². The van der Waals surface area contributed by atoms with Crippen LogP contribution in [-0.2, 0) is 5.60 Å². The highest BCUT2D eigenvalue weighted by Gasteiger charge is 2.35. The zero-order valence-corrected chi connectivity index (χ0v) is 10.9. The van der Waals surface area contributed by atoms with Crippen molar-refractivity contribution in [3.63, 3.8) is 0 Å². The van der Waals surface area contributed by atoms with Gasteiger partial charge in [0.15, 0.2) is 5.60 Å². The third-order valence-corrected chi connectivity index (χ3v) is 4.03. The topological polar surface area (TPSA) is 46.0 Å². The molecule has 2 aromatic heterocycles. The van der Waals surface area contributed by atoms with E-state index >= 15 is 0 Å². The normalized spacial score (nSPS) is 13.9. The van der Waals surface area contributed by atoms with Crippen molar-refractivity contribution in [2.45, 2.75) is 5.60 Å². The van der Waals surface area contributed by atoms with Gasteiger partial charge in [0, 0.05) is 22.8 Å². The largest absolute Gasteiger partial charge is 0.375 e. The molecule has 3 rings (SSSR count). The van der Waals surface area contributed by atoms with E-state index in [1.165, 1.54) is 17.7 Å². The fourth-order valence-electron chi connectivity index (χ4n) is 2.10. The third-order valence-electron chi connectivity index (χ3n) is 3.05. The molecule has 0 radical (unpaired) electrons. The first-order valence-corrected chi connectivity index (χ1v) is 6.77. The van der Waals surface area contributed by atoms with Gasteiger partial charge in [-0.25, -0.2) is 9.97 Å². The van der Waals surface area contributed by atoms with Crippen molar-refractivity contribution < 1.29 is 5.11 Å². The van der Waals surface area contributed by atoms with Gasteiger partial charge in [-0.1, -0.05) is 36.4 Å². The van der Waals surface area contributed by atoms with Gasteiger partial charge >= 0.3 is 0 Å². The number of aromatic nitrogens is 2. The quantitative estimate of drug-likeness (QED) is 0.794. The Morgan fingerprint density at radius 1 is 0.895 bits per heavy atom. The van der Waals surface area contributed by atoms with Crippen molar-refractivity contribution in [1.82, 2.24) is 9.97 Å². The zero-order valence-electron chi connectivity index (χ0n) is 10.1. The van der Waals surface area contributed by atoms with Crippen LogP contribution in [0, 0.1) is 0 Å². The molecule has 4 heteroatoms. The lowest BCUT2D eigenvalue weighted by Crippen LogP contribution is -2.28. The van der Waals surface area contributed by atoms with E-state index in [9.17, 15) is 5.11 Å². The molecule has 0 aliphatic carbocycles. The van der Waals surface area contributed by atoms with Crippen LogP contribution in [0.25, 0.3) is 0 Å². The van der Waals surface area contributed by atoms with Crippen LogP contribution in [0.2, 0.25) is 0 Å². The van der Waals surface area contributed by atoms with Gasteiger partial charge in [-0.3, -0.25) is 0 Å². The van der Waals surface area contributed by atoms with Crippen molar-refractivity contribution in [2.75, 3.05) is 0 Å². The molecule has 0 aliphatic rings. The fraction of sp³-hybridized carbons (Fsp3) is 0.0667. The number of aliphatic hydroxyl groups is 1. The van der Waals surface area contributed by atoms with E-state index in [2.05, 4.69) is 9.97 Å². The molecule has 1 aromatic carbocycles. The van der Waals surface area contributed by atoms with E-state index < -0.39 is 5.60 Å². The molecule has 1 N–H and O–H groups in total. The van der Waals surface area contributed by atoms with Crippen LogP contribution in [-0.4, -0.2) is 15.1 Å². The standard InChI is InChI=1S/C15H12N2OS/c18-15(14-7-4-8-19-14,12-5-2-1-3-6-12)13-9-16-11-17-10-13/h1-11,18H/t15-/m1/s1. The first-order chi connectivity index (χ1) is 9.32. The van der Waals surface area contributed by atoms with Crippen LogP contribution < -0.4 is 0 Å². The lowest BCUT2D eigenvalue weighted by Gasteiger charge is -2.27. The van der Waals surface area contributed by atoms with Crippen molar-refractivity contribution >= 4 is 11.3 Å². The molecule has 0 saturated heterocycles. The molecule has 3 aromatic rings. The summed E-state index contributed by atoms with van der Waals surface area (Å²) < 4.78 is 0. The summed E-state index contributed by atoms with van der Waals surface area (Å²) in [6, 6.07) is 13.4. The lowest BCUT2D eigenvalue weighted by molar-refractivity contribution is 0.129. The Balaban J connectivity index is 2.23. The van der Waals surface area contributed by atoms with E-state index in [4.69, 9.17) is 0 Å². The molecule has 0 unspecified atom stereocenters. The fourth-order valence-corrected chi connectivity index (χ4v) is 2.97. The Morgan fingerprint density at radius 3 is 2.26 bits per heavy atom. The van der Waals surface area contributed by atoms with E-state index in [0.717, 1.165) is 10.4 Å². The Hall–Kier alpha value is -2.04. The SMILES string of the molecule is O[C@](c1ccccc1)(c1cncnc1)c1cccs1. The summed E-state index contributed by atoms with van der Waals surface area (Å²) in [6.07, 6.45) is 4.77. The number of hydrogen-bond donors (Lipinski definition) is 1. The number of rotatable bonds is 3. The number of hydrogen-bond acceptors (Lipinski definition) is 4. The first kappa shape index (κ1) is 12.0. The average molecular weight is 268 g/mol. The monoisotopic (exact) mass is 268 g/mol. The molecule has 0 saturated carbocycles. The summed E-state index contributed by atoms with van der Waals surface area (Å²) in [5.74, 6) is 0. The van der Waals surface area contributed by atoms with Crippen LogP contribution in [0.4, 0.5) is 0 Å². The molecule has 1 atom stereocenters. The second-order valence-corrected chi connectivity index (χ2v) is 5.13. The molecule has 94 valence electrons. The Morgan fingerprint density at radius 2 is 1.63 bits per heavy atom. The lowest BCUT2D eigenvalue weighted by atomic mass is 9.86. The van der Waals surface area contributed by atoms with Crippen LogP contribution in [0.1, 0.15) is 16.0 Å². The number of thiophene rings is 1. The maximum absolute atomic E-state index is 11.2. The van der Waals surface area contributed by atoms with E-state index in [1.54, 1.807) is 12.4 Å². The second-order valence-electron chi connectivity index (χ2n) is 4.18. The minimum absolute atomic E-state index is 0.670. The zero-order chi connectivity index (χ0) is 13.1. The van der Waals surface area contributed by atoms with Gasteiger partial charge in [-0.2, -0.15) is 0 Å². The van der Waals surface area contributed by atoms with Crippen LogP contribution in [0.15, 0.2) is 66.6 Å². The van der Waals surface area contributed by atoms with Crippen molar-refractivity contribution in [3.05, 3.63) is 82.6 Å². The molecule has 3 nitrogen and oxygen atoms in total. The van der Waals surface area contributed by atoms with Gasteiger partial charge < -0.3 is 5.11 Å². The Bertz CT molecular complexity index is 599. The van der Waals surface area contributed by atoms with E-state index in [0.29, 0.717) is 5.56 Å². The first-order valence-electron chi connectivity index (χ1n) is 5.89.